The molecule has 1 aliphatic rings. The molecular formula is C10H13FN2. The second-order valence-corrected chi connectivity index (χ2v) is 3.65. The zero-order chi connectivity index (χ0) is 9.42. The van der Waals surface area contributed by atoms with Crippen molar-refractivity contribution in [1.82, 2.24) is 4.90 Å². The number of likely N-dealkylation sites (N-methyl/N-ethyl adjacent to an activating group) is 1. The summed E-state index contributed by atoms with van der Waals surface area (Å²) in [6.07, 6.45) is 0. The van der Waals surface area contributed by atoms with Crippen LogP contribution in [-0.4, -0.2) is 18.5 Å². The van der Waals surface area contributed by atoms with Crippen molar-refractivity contribution < 1.29 is 4.39 Å². The van der Waals surface area contributed by atoms with Gasteiger partial charge in [-0.1, -0.05) is 6.07 Å². The highest BCUT2D eigenvalue weighted by atomic mass is 19.1. The molecule has 1 unspecified atom stereocenters. The van der Waals surface area contributed by atoms with Crippen LogP contribution in [0.2, 0.25) is 0 Å². The van der Waals surface area contributed by atoms with E-state index in [2.05, 4.69) is 4.90 Å². The number of hydrogen-bond donors (Lipinski definition) is 1. The fraction of sp³-hybridized carbons (Fsp3) is 0.400. The molecule has 0 amide bonds. The molecule has 1 aliphatic heterocycles. The quantitative estimate of drug-likeness (QED) is 0.651. The van der Waals surface area contributed by atoms with Crippen LogP contribution in [0.3, 0.4) is 0 Å². The van der Waals surface area contributed by atoms with Crippen molar-refractivity contribution in [3.8, 4) is 0 Å². The molecule has 0 aliphatic carbocycles. The third-order valence-electron chi connectivity index (χ3n) is 2.45. The Morgan fingerprint density at radius 3 is 3.08 bits per heavy atom. The predicted octanol–water partition coefficient (Wildman–Crippen LogP) is 1.27. The van der Waals surface area contributed by atoms with E-state index >= 15 is 0 Å². The van der Waals surface area contributed by atoms with Crippen molar-refractivity contribution in [3.05, 3.63) is 35.1 Å². The van der Waals surface area contributed by atoms with Gasteiger partial charge in [-0.3, -0.25) is 0 Å². The lowest BCUT2D eigenvalue weighted by atomic mass is 9.96. The fourth-order valence-electron chi connectivity index (χ4n) is 1.86. The van der Waals surface area contributed by atoms with Gasteiger partial charge in [-0.2, -0.15) is 0 Å². The van der Waals surface area contributed by atoms with Gasteiger partial charge in [-0.15, -0.1) is 0 Å². The standard InChI is InChI=1S/C10H13FN2/c1-13-5-7-4-8(11)2-3-9(7)10(12)6-13/h2-4,10H,5-6,12H2,1H3. The van der Waals surface area contributed by atoms with Crippen LogP contribution >= 0.6 is 0 Å². The van der Waals surface area contributed by atoms with Crippen LogP contribution in [0.25, 0.3) is 0 Å². The summed E-state index contributed by atoms with van der Waals surface area (Å²) in [6, 6.07) is 4.87. The van der Waals surface area contributed by atoms with Crippen molar-refractivity contribution in [2.75, 3.05) is 13.6 Å². The van der Waals surface area contributed by atoms with E-state index in [4.69, 9.17) is 5.73 Å². The van der Waals surface area contributed by atoms with Gasteiger partial charge in [0.05, 0.1) is 0 Å². The Kier molecular flexibility index (Phi) is 2.06. The molecule has 13 heavy (non-hydrogen) atoms. The summed E-state index contributed by atoms with van der Waals surface area (Å²) >= 11 is 0. The van der Waals surface area contributed by atoms with Gasteiger partial charge in [0, 0.05) is 19.1 Å². The fourth-order valence-corrected chi connectivity index (χ4v) is 1.86. The van der Waals surface area contributed by atoms with Gasteiger partial charge in [0.2, 0.25) is 0 Å². The summed E-state index contributed by atoms with van der Waals surface area (Å²) in [4.78, 5) is 2.10. The Morgan fingerprint density at radius 1 is 1.54 bits per heavy atom. The van der Waals surface area contributed by atoms with E-state index in [1.54, 1.807) is 12.1 Å². The van der Waals surface area contributed by atoms with E-state index in [0.717, 1.165) is 24.2 Å². The van der Waals surface area contributed by atoms with Gasteiger partial charge in [0.15, 0.2) is 0 Å². The summed E-state index contributed by atoms with van der Waals surface area (Å²) in [5.41, 5.74) is 8.02. The number of rotatable bonds is 0. The predicted molar refractivity (Wildman–Crippen MR) is 49.7 cm³/mol. The molecule has 1 aromatic carbocycles. The Hall–Kier alpha value is -0.930. The summed E-state index contributed by atoms with van der Waals surface area (Å²) < 4.78 is 12.9. The number of nitrogens with two attached hydrogens (primary N) is 1. The number of fused-ring (bicyclic) bond motifs is 1. The topological polar surface area (TPSA) is 29.3 Å². The van der Waals surface area contributed by atoms with Crippen molar-refractivity contribution in [2.24, 2.45) is 5.73 Å². The minimum atomic E-state index is -0.179. The van der Waals surface area contributed by atoms with Crippen molar-refractivity contribution in [2.45, 2.75) is 12.6 Å². The van der Waals surface area contributed by atoms with Crippen LogP contribution in [0.4, 0.5) is 4.39 Å². The van der Waals surface area contributed by atoms with Gasteiger partial charge in [-0.25, -0.2) is 4.39 Å². The smallest absolute Gasteiger partial charge is 0.123 e. The molecule has 0 spiro atoms. The molecule has 0 radical (unpaired) electrons. The Labute approximate surface area is 77.2 Å². The largest absolute Gasteiger partial charge is 0.323 e. The lowest BCUT2D eigenvalue weighted by molar-refractivity contribution is 0.282. The molecule has 2 nitrogen and oxygen atoms in total. The minimum Gasteiger partial charge on any atom is -0.323 e. The number of halogens is 1. The van der Waals surface area contributed by atoms with Crippen LogP contribution in [-0.2, 0) is 6.54 Å². The van der Waals surface area contributed by atoms with E-state index in [1.807, 2.05) is 7.05 Å². The molecule has 0 saturated carbocycles. The molecule has 0 saturated heterocycles. The first-order valence-electron chi connectivity index (χ1n) is 4.39. The van der Waals surface area contributed by atoms with E-state index in [0.29, 0.717) is 0 Å². The second-order valence-electron chi connectivity index (χ2n) is 3.65. The maximum atomic E-state index is 12.9. The van der Waals surface area contributed by atoms with Crippen molar-refractivity contribution >= 4 is 0 Å². The normalized spacial score (nSPS) is 22.8. The van der Waals surface area contributed by atoms with Crippen molar-refractivity contribution in [3.63, 3.8) is 0 Å². The summed E-state index contributed by atoms with van der Waals surface area (Å²) in [5, 5.41) is 0. The average Bonchev–Trinajstić information content (AvgIpc) is 2.02. The third-order valence-corrected chi connectivity index (χ3v) is 2.45. The lowest BCUT2D eigenvalue weighted by Gasteiger charge is -2.29. The van der Waals surface area contributed by atoms with E-state index in [1.165, 1.54) is 6.07 Å². The van der Waals surface area contributed by atoms with E-state index in [-0.39, 0.29) is 11.9 Å². The zero-order valence-electron chi connectivity index (χ0n) is 7.63. The van der Waals surface area contributed by atoms with Gasteiger partial charge in [0.25, 0.3) is 0 Å². The number of hydrogen-bond acceptors (Lipinski definition) is 2. The van der Waals surface area contributed by atoms with Gasteiger partial charge in [-0.05, 0) is 30.3 Å². The minimum absolute atomic E-state index is 0.0225. The molecule has 1 aromatic rings. The molecule has 3 heteroatoms. The average molecular weight is 180 g/mol. The Bertz CT molecular complexity index is 325. The van der Waals surface area contributed by atoms with Crippen LogP contribution in [0.15, 0.2) is 18.2 Å². The lowest BCUT2D eigenvalue weighted by Crippen LogP contribution is -2.34. The first-order valence-corrected chi connectivity index (χ1v) is 4.39. The van der Waals surface area contributed by atoms with Gasteiger partial charge >= 0.3 is 0 Å². The molecular weight excluding hydrogens is 167 g/mol. The molecule has 0 bridgehead atoms. The highest BCUT2D eigenvalue weighted by Gasteiger charge is 2.19. The SMILES string of the molecule is CN1Cc2cc(F)ccc2C(N)C1. The van der Waals surface area contributed by atoms with Crippen molar-refractivity contribution in [1.29, 1.82) is 0 Å². The monoisotopic (exact) mass is 180 g/mol. The summed E-state index contributed by atoms with van der Waals surface area (Å²) in [7, 11) is 1.99. The van der Waals surface area contributed by atoms with Crippen LogP contribution in [0, 0.1) is 5.82 Å². The molecule has 0 fully saturated rings. The maximum absolute atomic E-state index is 12.9. The second kappa shape index (κ2) is 3.09. The number of benzene rings is 1. The van der Waals surface area contributed by atoms with Crippen LogP contribution < -0.4 is 5.73 Å². The molecule has 0 aromatic heterocycles. The van der Waals surface area contributed by atoms with Gasteiger partial charge < -0.3 is 10.6 Å². The first kappa shape index (κ1) is 8.66. The summed E-state index contributed by atoms with van der Waals surface area (Å²) in [6.45, 7) is 1.64. The van der Waals surface area contributed by atoms with E-state index < -0.39 is 0 Å². The van der Waals surface area contributed by atoms with Gasteiger partial charge in [0.1, 0.15) is 5.82 Å². The number of nitrogens with zero attached hydrogens (tertiary/aromatic N) is 1. The Morgan fingerprint density at radius 2 is 2.31 bits per heavy atom. The molecule has 2 rings (SSSR count). The highest BCUT2D eigenvalue weighted by Crippen LogP contribution is 2.24. The zero-order valence-corrected chi connectivity index (χ0v) is 7.63. The molecule has 2 N–H and O–H groups in total. The molecule has 1 heterocycles. The summed E-state index contributed by atoms with van der Waals surface area (Å²) in [5.74, 6) is -0.179. The molecule has 70 valence electrons. The van der Waals surface area contributed by atoms with Crippen LogP contribution in [0.1, 0.15) is 17.2 Å². The van der Waals surface area contributed by atoms with E-state index in [9.17, 15) is 4.39 Å². The first-order chi connectivity index (χ1) is 6.16. The highest BCUT2D eigenvalue weighted by molar-refractivity contribution is 5.32. The molecule has 1 atom stereocenters. The third kappa shape index (κ3) is 1.57. The maximum Gasteiger partial charge on any atom is 0.123 e. The van der Waals surface area contributed by atoms with Crippen LogP contribution in [0.5, 0.6) is 0 Å². The Balaban J connectivity index is 2.43.